The number of nitrogens with one attached hydrogen (secondary N) is 3. The van der Waals surface area contributed by atoms with Crippen molar-refractivity contribution in [3.05, 3.63) is 18.2 Å². The van der Waals surface area contributed by atoms with Crippen molar-refractivity contribution >= 4 is 29.7 Å². The van der Waals surface area contributed by atoms with Crippen molar-refractivity contribution in [3.63, 3.8) is 0 Å². The Morgan fingerprint density at radius 3 is 2.06 bits per heavy atom. The van der Waals surface area contributed by atoms with Crippen LogP contribution >= 0.6 is 0 Å². The van der Waals surface area contributed by atoms with Crippen molar-refractivity contribution in [2.75, 3.05) is 13.1 Å². The average molecular weight is 468 g/mol. The molecule has 0 aliphatic carbocycles. The molecule has 3 atom stereocenters. The first kappa shape index (κ1) is 27.2. The molecule has 1 heterocycles. The highest BCUT2D eigenvalue weighted by Gasteiger charge is 2.28. The highest BCUT2D eigenvalue weighted by atomic mass is 16.4. The van der Waals surface area contributed by atoms with E-state index in [2.05, 4.69) is 30.6 Å². The van der Waals surface area contributed by atoms with Gasteiger partial charge in [-0.2, -0.15) is 0 Å². The van der Waals surface area contributed by atoms with E-state index in [0.29, 0.717) is 25.1 Å². The molecule has 1 aromatic heterocycles. The Morgan fingerprint density at radius 1 is 0.970 bits per heavy atom. The molecule has 1 aromatic rings. The number of carboxylic acids is 1. The van der Waals surface area contributed by atoms with Crippen LogP contribution in [-0.4, -0.2) is 76.0 Å². The van der Waals surface area contributed by atoms with E-state index in [1.807, 2.05) is 0 Å². The van der Waals surface area contributed by atoms with Gasteiger partial charge in [0.2, 0.25) is 11.8 Å². The van der Waals surface area contributed by atoms with Gasteiger partial charge in [-0.15, -0.1) is 0 Å². The Balaban J connectivity index is 2.77. The number of amides is 2. The molecule has 0 bridgehead atoms. The second-order valence-corrected chi connectivity index (χ2v) is 7.25. The summed E-state index contributed by atoms with van der Waals surface area (Å²) in [6, 6.07) is -3.19. The van der Waals surface area contributed by atoms with Crippen LogP contribution in [-0.2, 0) is 20.8 Å². The van der Waals surface area contributed by atoms with Crippen molar-refractivity contribution < 1.29 is 19.5 Å². The molecule has 15 heteroatoms. The molecule has 1 rings (SSSR count). The van der Waals surface area contributed by atoms with E-state index < -0.39 is 35.9 Å². The number of H-pyrrole nitrogens is 1. The molecule has 184 valence electrons. The summed E-state index contributed by atoms with van der Waals surface area (Å²) in [5.74, 6) is -2.64. The average Bonchev–Trinajstić information content (AvgIpc) is 3.25. The molecule has 33 heavy (non-hydrogen) atoms. The Morgan fingerprint density at radius 2 is 1.55 bits per heavy atom. The van der Waals surface area contributed by atoms with Gasteiger partial charge in [-0.25, -0.2) is 9.78 Å². The lowest BCUT2D eigenvalue weighted by Crippen LogP contribution is -2.55. The van der Waals surface area contributed by atoms with Crippen LogP contribution in [0.15, 0.2) is 22.5 Å². The molecule has 2 amide bonds. The van der Waals surface area contributed by atoms with Gasteiger partial charge in [0.05, 0.1) is 12.4 Å². The fourth-order valence-corrected chi connectivity index (χ4v) is 2.79. The van der Waals surface area contributed by atoms with Crippen LogP contribution < -0.4 is 39.3 Å². The van der Waals surface area contributed by atoms with Gasteiger partial charge in [0.25, 0.3) is 0 Å². The second-order valence-electron chi connectivity index (χ2n) is 7.25. The number of carbonyl (C=O) groups is 3. The first-order valence-corrected chi connectivity index (χ1v) is 10.3. The molecule has 0 saturated carbocycles. The number of hydrogen-bond donors (Lipinski definition) is 9. The van der Waals surface area contributed by atoms with E-state index in [1.54, 1.807) is 0 Å². The van der Waals surface area contributed by atoms with Crippen LogP contribution in [0.25, 0.3) is 0 Å². The number of carboxylic acid groups (broad SMARTS) is 1. The summed E-state index contributed by atoms with van der Waals surface area (Å²) in [6.45, 7) is 0.520. The van der Waals surface area contributed by atoms with Gasteiger partial charge >= 0.3 is 5.97 Å². The number of rotatable bonds is 15. The van der Waals surface area contributed by atoms with E-state index in [4.69, 9.17) is 28.7 Å². The number of aromatic nitrogens is 2. The van der Waals surface area contributed by atoms with Crippen LogP contribution in [0.3, 0.4) is 0 Å². The number of aromatic amines is 1. The maximum Gasteiger partial charge on any atom is 0.326 e. The summed E-state index contributed by atoms with van der Waals surface area (Å²) in [4.78, 5) is 51.3. The Hall–Kier alpha value is -3.88. The molecular weight excluding hydrogens is 434 g/mol. The van der Waals surface area contributed by atoms with Gasteiger partial charge in [0.15, 0.2) is 11.9 Å². The normalized spacial score (nSPS) is 13.2. The van der Waals surface area contributed by atoms with Crippen LogP contribution in [0.4, 0.5) is 0 Å². The smallest absolute Gasteiger partial charge is 0.326 e. The Bertz CT molecular complexity index is 817. The number of hydrogen-bond acceptors (Lipinski definition) is 7. The minimum absolute atomic E-state index is 0.0542. The minimum Gasteiger partial charge on any atom is -0.480 e. The van der Waals surface area contributed by atoms with Crippen LogP contribution in [0, 0.1) is 0 Å². The lowest BCUT2D eigenvalue weighted by molar-refractivity contribution is -0.142. The van der Waals surface area contributed by atoms with Gasteiger partial charge in [-0.1, -0.05) is 0 Å². The molecular formula is C18H33N11O4. The molecule has 0 fully saturated rings. The lowest BCUT2D eigenvalue weighted by Gasteiger charge is -2.22. The minimum atomic E-state index is -1.23. The van der Waals surface area contributed by atoms with E-state index in [1.165, 1.54) is 12.5 Å². The fraction of sp³-hybridized carbons (Fsp3) is 0.556. The number of aliphatic carboxylic acids is 1. The number of nitrogens with two attached hydrogens (primary N) is 5. The molecule has 0 aromatic carbocycles. The molecule has 14 N–H and O–H groups in total. The summed E-state index contributed by atoms with van der Waals surface area (Å²) in [5.41, 5.74) is 27.5. The van der Waals surface area contributed by atoms with Gasteiger partial charge in [-0.3, -0.25) is 19.6 Å². The third kappa shape index (κ3) is 11.3. The zero-order valence-corrected chi connectivity index (χ0v) is 18.2. The summed E-state index contributed by atoms with van der Waals surface area (Å²) in [5, 5.41) is 14.5. The third-order valence-corrected chi connectivity index (χ3v) is 4.48. The molecule has 0 aliphatic heterocycles. The second kappa shape index (κ2) is 14.2. The largest absolute Gasteiger partial charge is 0.480 e. The van der Waals surface area contributed by atoms with E-state index in [0.717, 1.165) is 0 Å². The van der Waals surface area contributed by atoms with Crippen molar-refractivity contribution in [2.24, 2.45) is 38.7 Å². The van der Waals surface area contributed by atoms with E-state index in [9.17, 15) is 19.5 Å². The van der Waals surface area contributed by atoms with Crippen molar-refractivity contribution in [3.8, 4) is 0 Å². The van der Waals surface area contributed by atoms with E-state index in [-0.39, 0.29) is 37.7 Å². The first-order chi connectivity index (χ1) is 15.6. The van der Waals surface area contributed by atoms with Gasteiger partial charge in [0.1, 0.15) is 12.1 Å². The van der Waals surface area contributed by atoms with Crippen LogP contribution in [0.2, 0.25) is 0 Å². The highest BCUT2D eigenvalue weighted by molar-refractivity contribution is 5.91. The molecule has 0 saturated heterocycles. The lowest BCUT2D eigenvalue weighted by atomic mass is 10.1. The molecule has 0 spiro atoms. The van der Waals surface area contributed by atoms with Crippen molar-refractivity contribution in [2.45, 2.75) is 50.2 Å². The molecule has 0 radical (unpaired) electrons. The first-order valence-electron chi connectivity index (χ1n) is 10.3. The topological polar surface area (TPSA) is 279 Å². The number of aliphatic imine (C=N–C) groups is 2. The zero-order chi connectivity index (χ0) is 24.8. The molecule has 0 aliphatic rings. The standard InChI is InChI=1S/C18H33N11O4/c19-11(3-1-5-25-17(20)21)14(30)29-13(7-10-8-24-9-27-10)15(31)28-12(16(32)33)4-2-6-26-18(22)23/h8-9,11-13H,1-7,19H2,(H,24,27)(H,28,31)(H,29,30)(H,32,33)(H4,20,21,25)(H4,22,23,26)/t11-,12-,13-/m0/s1. The van der Waals surface area contributed by atoms with Gasteiger partial charge < -0.3 is 49.4 Å². The molecule has 0 unspecified atom stereocenters. The maximum absolute atomic E-state index is 12.8. The third-order valence-electron chi connectivity index (χ3n) is 4.48. The summed E-state index contributed by atoms with van der Waals surface area (Å²) in [6.07, 6.45) is 4.12. The van der Waals surface area contributed by atoms with Gasteiger partial charge in [0, 0.05) is 31.4 Å². The summed E-state index contributed by atoms with van der Waals surface area (Å²) in [7, 11) is 0. The zero-order valence-electron chi connectivity index (χ0n) is 18.2. The van der Waals surface area contributed by atoms with Crippen LogP contribution in [0.5, 0.6) is 0 Å². The summed E-state index contributed by atoms with van der Waals surface area (Å²) >= 11 is 0. The maximum atomic E-state index is 12.8. The predicted molar refractivity (Wildman–Crippen MR) is 122 cm³/mol. The predicted octanol–water partition coefficient (Wildman–Crippen LogP) is -3.56. The van der Waals surface area contributed by atoms with Crippen LogP contribution in [0.1, 0.15) is 31.4 Å². The van der Waals surface area contributed by atoms with Gasteiger partial charge in [-0.05, 0) is 25.7 Å². The Kier molecular flexibility index (Phi) is 11.7. The van der Waals surface area contributed by atoms with Crippen molar-refractivity contribution in [1.29, 1.82) is 0 Å². The number of guanidine groups is 2. The molecule has 15 nitrogen and oxygen atoms in total. The number of carbonyl (C=O) groups excluding carboxylic acids is 2. The monoisotopic (exact) mass is 467 g/mol. The summed E-state index contributed by atoms with van der Waals surface area (Å²) < 4.78 is 0. The number of imidazole rings is 1. The van der Waals surface area contributed by atoms with E-state index >= 15 is 0 Å². The number of nitrogens with zero attached hydrogens (tertiary/aromatic N) is 3. The van der Waals surface area contributed by atoms with Crippen molar-refractivity contribution in [1.82, 2.24) is 20.6 Å². The quantitative estimate of drug-likeness (QED) is 0.0694. The Labute approximate surface area is 190 Å². The fourth-order valence-electron chi connectivity index (χ4n) is 2.79. The highest BCUT2D eigenvalue weighted by Crippen LogP contribution is 2.04. The SMILES string of the molecule is NC(N)=NCCC[C@H](NC(=O)[C@H](Cc1cnc[nH]1)NC(=O)[C@@H](N)CCCN=C(N)N)C(=O)O.